The van der Waals surface area contributed by atoms with E-state index in [4.69, 9.17) is 4.42 Å². The number of fused-ring (bicyclic) bond motifs is 11. The Labute approximate surface area is 409 Å². The lowest BCUT2D eigenvalue weighted by Gasteiger charge is -2.26. The molecule has 0 saturated carbocycles. The summed E-state index contributed by atoms with van der Waals surface area (Å²) >= 11 is 0. The van der Waals surface area contributed by atoms with Crippen LogP contribution < -0.4 is 0 Å². The molecule has 2 aliphatic rings. The highest BCUT2D eigenvalue weighted by molar-refractivity contribution is 6.06. The Bertz CT molecular complexity index is 3930. The molecule has 2 aliphatic carbocycles. The maximum Gasteiger partial charge on any atom is 0.136 e. The number of rotatable bonds is 6. The molecule has 0 amide bonds. The predicted molar refractivity (Wildman–Crippen MR) is 294 cm³/mol. The number of para-hydroxylation sites is 1. The molecule has 0 atom stereocenters. The smallest absolute Gasteiger partial charge is 0.136 e. The van der Waals surface area contributed by atoms with Crippen LogP contribution in [0.25, 0.3) is 99.1 Å². The molecule has 0 radical (unpaired) electrons. The van der Waals surface area contributed by atoms with Crippen molar-refractivity contribution in [1.29, 1.82) is 0 Å². The summed E-state index contributed by atoms with van der Waals surface area (Å²) in [6.45, 7) is 9.65. The lowest BCUT2D eigenvalue weighted by Crippen LogP contribution is -2.17. The zero-order valence-corrected chi connectivity index (χ0v) is 39.8. The fourth-order valence-corrected chi connectivity index (χ4v) is 12.3. The van der Waals surface area contributed by atoms with Gasteiger partial charge in [-0.05, 0) is 159 Å². The van der Waals surface area contributed by atoms with Gasteiger partial charge in [-0.25, -0.2) is 0 Å². The molecule has 1 aromatic heterocycles. The largest absolute Gasteiger partial charge is 0.456 e. The van der Waals surface area contributed by atoms with Crippen LogP contribution in [0.4, 0.5) is 0 Å². The number of furan rings is 1. The summed E-state index contributed by atoms with van der Waals surface area (Å²) in [6.07, 6.45) is 0. The minimum absolute atomic E-state index is 0.00264. The van der Waals surface area contributed by atoms with Gasteiger partial charge in [-0.15, -0.1) is 0 Å². The van der Waals surface area contributed by atoms with Crippen LogP contribution in [-0.2, 0) is 10.8 Å². The van der Waals surface area contributed by atoms with Gasteiger partial charge < -0.3 is 4.42 Å². The molecule has 1 nitrogen and oxygen atoms in total. The van der Waals surface area contributed by atoms with Gasteiger partial charge >= 0.3 is 0 Å². The van der Waals surface area contributed by atoms with E-state index in [0.717, 1.165) is 27.5 Å². The van der Waals surface area contributed by atoms with Gasteiger partial charge in [0.15, 0.2) is 0 Å². The van der Waals surface area contributed by atoms with Gasteiger partial charge in [0.25, 0.3) is 0 Å². The first kappa shape index (κ1) is 40.8. The molecular weight excluding hydrogens is 845 g/mol. The summed E-state index contributed by atoms with van der Waals surface area (Å²) < 4.78 is 6.33. The van der Waals surface area contributed by atoms with E-state index in [-0.39, 0.29) is 16.7 Å². The quantitative estimate of drug-likeness (QED) is 0.152. The van der Waals surface area contributed by atoms with Crippen molar-refractivity contribution < 1.29 is 4.42 Å². The van der Waals surface area contributed by atoms with Crippen molar-refractivity contribution in [2.75, 3.05) is 0 Å². The average Bonchev–Trinajstić information content (AvgIpc) is 3.97. The van der Waals surface area contributed by atoms with E-state index in [1.165, 1.54) is 111 Å². The average molecular weight is 895 g/mol. The van der Waals surface area contributed by atoms with Gasteiger partial charge in [0.2, 0.25) is 0 Å². The first-order chi connectivity index (χ1) is 34.2. The van der Waals surface area contributed by atoms with Crippen LogP contribution in [0.15, 0.2) is 229 Å². The van der Waals surface area contributed by atoms with Crippen molar-refractivity contribution in [2.24, 2.45) is 0 Å². The Morgan fingerprint density at radius 1 is 0.286 bits per heavy atom. The molecule has 332 valence electrons. The summed E-state index contributed by atoms with van der Waals surface area (Å²) in [5, 5.41) is 7.37. The SMILES string of the molecule is CC1(C)c2cc(-c3ccc4ccccc4c3)ccc2-c2ccc(C(c3ccc(-c4ccc5c(c4)oc4ccccc45)cc3)c3ccc4c(c3)C(C)(C)c3cc(-c5ccc6ccccc6c5)ccc3-4)cc21. The molecule has 0 unspecified atom stereocenters. The van der Waals surface area contributed by atoms with E-state index < -0.39 is 0 Å². The Morgan fingerprint density at radius 3 is 1.23 bits per heavy atom. The first-order valence-electron chi connectivity index (χ1n) is 24.7. The van der Waals surface area contributed by atoms with Crippen molar-refractivity contribution in [3.05, 3.63) is 263 Å². The van der Waals surface area contributed by atoms with Gasteiger partial charge in [0.05, 0.1) is 0 Å². The van der Waals surface area contributed by atoms with Crippen LogP contribution in [0.2, 0.25) is 0 Å². The lowest BCUT2D eigenvalue weighted by molar-refractivity contribution is 0.657. The molecule has 12 aromatic rings. The van der Waals surface area contributed by atoms with Gasteiger partial charge in [-0.2, -0.15) is 0 Å². The fourth-order valence-electron chi connectivity index (χ4n) is 12.3. The highest BCUT2D eigenvalue weighted by Crippen LogP contribution is 2.53. The van der Waals surface area contributed by atoms with E-state index in [9.17, 15) is 0 Å². The number of hydrogen-bond acceptors (Lipinski definition) is 1. The van der Waals surface area contributed by atoms with Crippen LogP contribution in [-0.4, -0.2) is 0 Å². The minimum Gasteiger partial charge on any atom is -0.456 e. The van der Waals surface area contributed by atoms with Crippen LogP contribution in [0.3, 0.4) is 0 Å². The first-order valence-corrected chi connectivity index (χ1v) is 24.7. The molecule has 0 N–H and O–H groups in total. The Morgan fingerprint density at radius 2 is 0.671 bits per heavy atom. The van der Waals surface area contributed by atoms with Crippen molar-refractivity contribution in [3.63, 3.8) is 0 Å². The normalized spacial score (nSPS) is 14.1. The third-order valence-corrected chi connectivity index (χ3v) is 16.2. The van der Waals surface area contributed by atoms with Crippen LogP contribution in [0.5, 0.6) is 0 Å². The van der Waals surface area contributed by atoms with E-state index >= 15 is 0 Å². The maximum atomic E-state index is 6.33. The van der Waals surface area contributed by atoms with Gasteiger partial charge in [0.1, 0.15) is 11.2 Å². The highest BCUT2D eigenvalue weighted by atomic mass is 16.3. The molecule has 0 bridgehead atoms. The van der Waals surface area contributed by atoms with Crippen molar-refractivity contribution in [3.8, 4) is 55.6 Å². The van der Waals surface area contributed by atoms with Gasteiger partial charge in [-0.3, -0.25) is 0 Å². The molecule has 0 aliphatic heterocycles. The monoisotopic (exact) mass is 894 g/mol. The van der Waals surface area contributed by atoms with Gasteiger partial charge in [-0.1, -0.05) is 210 Å². The predicted octanol–water partition coefficient (Wildman–Crippen LogP) is 18.7. The highest BCUT2D eigenvalue weighted by Gasteiger charge is 2.39. The second-order valence-corrected chi connectivity index (χ2v) is 20.9. The second kappa shape index (κ2) is 15.1. The molecule has 0 fully saturated rings. The number of hydrogen-bond donors (Lipinski definition) is 0. The van der Waals surface area contributed by atoms with E-state index in [0.29, 0.717) is 0 Å². The molecule has 1 heterocycles. The van der Waals surface area contributed by atoms with Crippen molar-refractivity contribution >= 4 is 43.5 Å². The minimum atomic E-state index is -0.193. The Hall–Kier alpha value is -8.26. The molecule has 11 aromatic carbocycles. The molecule has 0 saturated heterocycles. The molecule has 70 heavy (non-hydrogen) atoms. The summed E-state index contributed by atoms with van der Waals surface area (Å²) in [5.74, 6) is 0.00264. The Kier molecular flexibility index (Phi) is 8.81. The van der Waals surface area contributed by atoms with Crippen LogP contribution >= 0.6 is 0 Å². The maximum absolute atomic E-state index is 6.33. The number of benzene rings is 11. The van der Waals surface area contributed by atoms with Crippen LogP contribution in [0.1, 0.15) is 72.6 Å². The van der Waals surface area contributed by atoms with E-state index in [1.807, 2.05) is 12.1 Å². The fraction of sp³-hybridized carbons (Fsp3) is 0.101. The molecule has 0 spiro atoms. The lowest BCUT2D eigenvalue weighted by atomic mass is 9.77. The third kappa shape index (κ3) is 6.24. The molecule has 1 heteroatoms. The van der Waals surface area contributed by atoms with Crippen molar-refractivity contribution in [1.82, 2.24) is 0 Å². The zero-order chi connectivity index (χ0) is 46.9. The van der Waals surface area contributed by atoms with E-state index in [1.54, 1.807) is 0 Å². The summed E-state index contributed by atoms with van der Waals surface area (Å²) in [6, 6.07) is 84.1. The Balaban J connectivity index is 0.868. The zero-order valence-electron chi connectivity index (χ0n) is 39.8. The van der Waals surface area contributed by atoms with E-state index in [2.05, 4.69) is 240 Å². The van der Waals surface area contributed by atoms with Crippen molar-refractivity contribution in [2.45, 2.75) is 44.4 Å². The second-order valence-electron chi connectivity index (χ2n) is 20.9. The topological polar surface area (TPSA) is 13.1 Å². The summed E-state index contributed by atoms with van der Waals surface area (Å²) in [4.78, 5) is 0. The summed E-state index contributed by atoms with van der Waals surface area (Å²) in [7, 11) is 0. The molecule has 14 rings (SSSR count). The standard InChI is InChI=1S/C69H50O/c1-68(2)61-37-50(48-23-19-42-11-5-7-13-46(42)35-48)25-30-55(61)57-32-28-53(39-63(57)68)67(45-21-17-44(18-22-45)52-27-34-60-59-15-9-10-16-65(59)70-66(60)41-52)54-29-33-58-56-31-26-51(38-62(56)69(3,4)64(58)40-54)49-24-20-43-12-6-8-14-47(43)36-49/h5-41,67H,1-4H3. The summed E-state index contributed by atoms with van der Waals surface area (Å²) in [5.41, 5.74) is 23.5. The molecular formula is C69H50O. The van der Waals surface area contributed by atoms with Gasteiger partial charge in [0, 0.05) is 27.5 Å². The third-order valence-electron chi connectivity index (χ3n) is 16.2. The van der Waals surface area contributed by atoms with Crippen LogP contribution in [0, 0.1) is 0 Å².